The van der Waals surface area contributed by atoms with Crippen LogP contribution in [0.15, 0.2) is 84.0 Å². The second-order valence-electron chi connectivity index (χ2n) is 7.70. The van der Waals surface area contributed by atoms with E-state index in [0.29, 0.717) is 30.2 Å². The Morgan fingerprint density at radius 1 is 0.970 bits per heavy atom. The predicted octanol–water partition coefficient (Wildman–Crippen LogP) is 5.77. The zero-order valence-corrected chi connectivity index (χ0v) is 19.9. The average Bonchev–Trinajstić information content (AvgIpc) is 3.25. The molecule has 0 bridgehead atoms. The molecule has 0 saturated carbocycles. The largest absolute Gasteiger partial charge is 0.349 e. The van der Waals surface area contributed by atoms with Crippen molar-refractivity contribution in [1.29, 1.82) is 0 Å². The summed E-state index contributed by atoms with van der Waals surface area (Å²) in [6, 6.07) is 26.0. The maximum absolute atomic E-state index is 12.5. The molecule has 1 N–H and O–H groups in total. The number of hydrogen-bond acceptors (Lipinski definition) is 4. The number of halogens is 1. The molecule has 33 heavy (non-hydrogen) atoms. The minimum Gasteiger partial charge on any atom is -0.349 e. The van der Waals surface area contributed by atoms with E-state index in [0.717, 1.165) is 27.7 Å². The van der Waals surface area contributed by atoms with Crippen LogP contribution in [-0.4, -0.2) is 20.7 Å². The molecule has 3 aromatic carbocycles. The van der Waals surface area contributed by atoms with Gasteiger partial charge in [0.1, 0.15) is 0 Å². The quantitative estimate of drug-likeness (QED) is 0.311. The van der Waals surface area contributed by atoms with Gasteiger partial charge in [-0.3, -0.25) is 9.36 Å². The molecule has 0 aliphatic carbocycles. The van der Waals surface area contributed by atoms with Gasteiger partial charge in [0.2, 0.25) is 5.91 Å². The minimum atomic E-state index is -0.0188. The summed E-state index contributed by atoms with van der Waals surface area (Å²) in [4.78, 5) is 12.5. The zero-order chi connectivity index (χ0) is 23.0. The fourth-order valence-corrected chi connectivity index (χ4v) is 4.55. The van der Waals surface area contributed by atoms with Crippen molar-refractivity contribution >= 4 is 29.3 Å². The highest BCUT2D eigenvalue weighted by Gasteiger charge is 2.17. The molecule has 0 spiro atoms. The molecule has 0 saturated heterocycles. The molecule has 1 heterocycles. The predicted molar refractivity (Wildman–Crippen MR) is 134 cm³/mol. The lowest BCUT2D eigenvalue weighted by Gasteiger charge is -2.14. The number of hydrogen-bond donors (Lipinski definition) is 1. The molecule has 4 aromatic rings. The third kappa shape index (κ3) is 6.24. The topological polar surface area (TPSA) is 59.8 Å². The van der Waals surface area contributed by atoms with Gasteiger partial charge in [-0.2, -0.15) is 0 Å². The fourth-order valence-electron chi connectivity index (χ4n) is 3.46. The highest BCUT2D eigenvalue weighted by atomic mass is 35.5. The number of thioether (sulfide) groups is 1. The van der Waals surface area contributed by atoms with Crippen LogP contribution < -0.4 is 5.32 Å². The molecular formula is C26H25ClN4OS. The average molecular weight is 477 g/mol. The van der Waals surface area contributed by atoms with E-state index in [1.165, 1.54) is 5.56 Å². The van der Waals surface area contributed by atoms with Crippen LogP contribution in [0.1, 0.15) is 28.9 Å². The van der Waals surface area contributed by atoms with Crippen molar-refractivity contribution in [3.05, 3.63) is 106 Å². The summed E-state index contributed by atoms with van der Waals surface area (Å²) >= 11 is 7.91. The van der Waals surface area contributed by atoms with E-state index < -0.39 is 0 Å². The number of aromatic nitrogens is 3. The van der Waals surface area contributed by atoms with Crippen LogP contribution in [0, 0.1) is 6.92 Å². The van der Waals surface area contributed by atoms with Crippen LogP contribution in [0.5, 0.6) is 0 Å². The summed E-state index contributed by atoms with van der Waals surface area (Å²) in [5.74, 6) is 1.42. The standard InChI is InChI=1S/C26H25ClN4OS/c1-19-12-14-22(27)16-23(19)31-24(17-28-25(32)15-13-20-8-4-2-5-9-20)29-30-26(31)33-18-21-10-6-3-7-11-21/h2-12,14,16H,13,15,17-18H2,1H3,(H,28,32). The molecule has 0 fully saturated rings. The summed E-state index contributed by atoms with van der Waals surface area (Å²) in [6.45, 7) is 2.32. The summed E-state index contributed by atoms with van der Waals surface area (Å²) in [7, 11) is 0. The van der Waals surface area contributed by atoms with E-state index in [1.54, 1.807) is 11.8 Å². The third-order valence-electron chi connectivity index (χ3n) is 5.25. The number of rotatable bonds is 9. The Morgan fingerprint density at radius 2 is 1.67 bits per heavy atom. The highest BCUT2D eigenvalue weighted by molar-refractivity contribution is 7.98. The first-order valence-electron chi connectivity index (χ1n) is 10.8. The number of nitrogens with zero attached hydrogens (tertiary/aromatic N) is 3. The summed E-state index contributed by atoms with van der Waals surface area (Å²) in [5, 5.41) is 13.2. The lowest BCUT2D eigenvalue weighted by molar-refractivity contribution is -0.121. The first-order chi connectivity index (χ1) is 16.1. The number of carbonyl (C=O) groups excluding carboxylic acids is 1. The van der Waals surface area contributed by atoms with Gasteiger partial charge >= 0.3 is 0 Å². The van der Waals surface area contributed by atoms with Crippen molar-refractivity contribution in [1.82, 2.24) is 20.1 Å². The van der Waals surface area contributed by atoms with Gasteiger partial charge in [0.25, 0.3) is 0 Å². The SMILES string of the molecule is Cc1ccc(Cl)cc1-n1c(CNC(=O)CCc2ccccc2)nnc1SCc1ccccc1. The Hall–Kier alpha value is -3.09. The van der Waals surface area contributed by atoms with Crippen molar-refractivity contribution < 1.29 is 4.79 Å². The van der Waals surface area contributed by atoms with Crippen molar-refractivity contribution in [3.8, 4) is 5.69 Å². The van der Waals surface area contributed by atoms with Gasteiger partial charge in [-0.25, -0.2) is 0 Å². The van der Waals surface area contributed by atoms with Crippen LogP contribution in [-0.2, 0) is 23.5 Å². The Kier molecular flexibility index (Phi) is 7.81. The molecule has 0 unspecified atom stereocenters. The van der Waals surface area contributed by atoms with Crippen molar-refractivity contribution in [2.24, 2.45) is 0 Å². The van der Waals surface area contributed by atoms with Crippen molar-refractivity contribution in [2.45, 2.75) is 37.2 Å². The normalized spacial score (nSPS) is 10.8. The van der Waals surface area contributed by atoms with Gasteiger partial charge in [-0.05, 0) is 42.2 Å². The number of amides is 1. The van der Waals surface area contributed by atoms with E-state index in [4.69, 9.17) is 11.6 Å². The van der Waals surface area contributed by atoms with Gasteiger partial charge in [-0.15, -0.1) is 10.2 Å². The van der Waals surface area contributed by atoms with E-state index >= 15 is 0 Å². The van der Waals surface area contributed by atoms with Crippen molar-refractivity contribution in [2.75, 3.05) is 0 Å². The van der Waals surface area contributed by atoms with Crippen LogP contribution in [0.3, 0.4) is 0 Å². The molecule has 0 aliphatic heterocycles. The second kappa shape index (κ2) is 11.2. The van der Waals surface area contributed by atoms with Gasteiger partial charge in [0.15, 0.2) is 11.0 Å². The third-order valence-corrected chi connectivity index (χ3v) is 6.49. The number of carbonyl (C=O) groups is 1. The van der Waals surface area contributed by atoms with E-state index in [2.05, 4.69) is 27.6 Å². The lowest BCUT2D eigenvalue weighted by atomic mass is 10.1. The summed E-state index contributed by atoms with van der Waals surface area (Å²) < 4.78 is 1.99. The van der Waals surface area contributed by atoms with Crippen LogP contribution in [0.25, 0.3) is 5.69 Å². The Bertz CT molecular complexity index is 1210. The van der Waals surface area contributed by atoms with E-state index in [1.807, 2.05) is 78.2 Å². The maximum Gasteiger partial charge on any atom is 0.220 e. The smallest absolute Gasteiger partial charge is 0.220 e. The Morgan fingerprint density at radius 3 is 2.39 bits per heavy atom. The van der Waals surface area contributed by atoms with Crippen molar-refractivity contribution in [3.63, 3.8) is 0 Å². The second-order valence-corrected chi connectivity index (χ2v) is 9.08. The zero-order valence-electron chi connectivity index (χ0n) is 18.4. The Labute approximate surface area is 203 Å². The first kappa shape index (κ1) is 23.1. The summed E-state index contributed by atoms with van der Waals surface area (Å²) in [5.41, 5.74) is 4.31. The van der Waals surface area contributed by atoms with Gasteiger partial charge in [0, 0.05) is 17.2 Å². The molecule has 0 atom stereocenters. The van der Waals surface area contributed by atoms with Gasteiger partial charge in [-0.1, -0.05) is 90.1 Å². The van der Waals surface area contributed by atoms with Gasteiger partial charge in [0.05, 0.1) is 12.2 Å². The molecule has 7 heteroatoms. The van der Waals surface area contributed by atoms with Crippen LogP contribution >= 0.6 is 23.4 Å². The van der Waals surface area contributed by atoms with E-state index in [-0.39, 0.29) is 5.91 Å². The van der Waals surface area contributed by atoms with E-state index in [9.17, 15) is 4.79 Å². The van der Waals surface area contributed by atoms with Gasteiger partial charge < -0.3 is 5.32 Å². The number of nitrogens with one attached hydrogen (secondary N) is 1. The number of benzene rings is 3. The molecule has 0 radical (unpaired) electrons. The molecular weight excluding hydrogens is 452 g/mol. The van der Waals surface area contributed by atoms with Crippen LogP contribution in [0.2, 0.25) is 5.02 Å². The lowest BCUT2D eigenvalue weighted by Crippen LogP contribution is -2.25. The highest BCUT2D eigenvalue weighted by Crippen LogP contribution is 2.28. The monoisotopic (exact) mass is 476 g/mol. The van der Waals surface area contributed by atoms with Crippen LogP contribution in [0.4, 0.5) is 0 Å². The fraction of sp³-hybridized carbons (Fsp3) is 0.192. The molecule has 4 rings (SSSR count). The Balaban J connectivity index is 1.51. The summed E-state index contributed by atoms with van der Waals surface area (Å²) in [6.07, 6.45) is 1.12. The number of aryl methyl sites for hydroxylation is 2. The first-order valence-corrected chi connectivity index (χ1v) is 12.1. The minimum absolute atomic E-state index is 0.0188. The molecule has 168 valence electrons. The maximum atomic E-state index is 12.5. The molecule has 1 aromatic heterocycles. The molecule has 5 nitrogen and oxygen atoms in total. The molecule has 1 amide bonds. The molecule has 0 aliphatic rings.